The summed E-state index contributed by atoms with van der Waals surface area (Å²) in [5.74, 6) is 0.631. The summed E-state index contributed by atoms with van der Waals surface area (Å²) in [6.45, 7) is 8.82. The van der Waals surface area contributed by atoms with Gasteiger partial charge in [0.05, 0.1) is 0 Å². The highest BCUT2D eigenvalue weighted by Crippen LogP contribution is 2.32. The second-order valence-corrected chi connectivity index (χ2v) is 5.53. The van der Waals surface area contributed by atoms with E-state index in [-0.39, 0.29) is 0 Å². The molecule has 0 saturated carbocycles. The Balaban J connectivity index is 2.95. The summed E-state index contributed by atoms with van der Waals surface area (Å²) in [7, 11) is 0. The third kappa shape index (κ3) is 3.99. The van der Waals surface area contributed by atoms with Crippen molar-refractivity contribution in [3.05, 3.63) is 45.4 Å². The van der Waals surface area contributed by atoms with E-state index in [4.69, 9.17) is 0 Å². The lowest BCUT2D eigenvalue weighted by Gasteiger charge is -2.17. The van der Waals surface area contributed by atoms with Crippen molar-refractivity contribution >= 4 is 15.9 Å². The minimum Gasteiger partial charge on any atom is -0.0888 e. The first kappa shape index (κ1) is 14.5. The monoisotopic (exact) mass is 294 g/mol. The quantitative estimate of drug-likeness (QED) is 0.592. The molecular formula is C16H23Br. The molecule has 1 heteroatoms. The molecular weight excluding hydrogens is 272 g/mol. The van der Waals surface area contributed by atoms with E-state index in [2.05, 4.69) is 67.9 Å². The Morgan fingerprint density at radius 2 is 1.76 bits per heavy atom. The molecule has 17 heavy (non-hydrogen) atoms. The molecule has 0 heterocycles. The third-order valence-electron chi connectivity index (χ3n) is 3.37. The number of halogens is 1. The van der Waals surface area contributed by atoms with Gasteiger partial charge in [0.1, 0.15) is 0 Å². The highest BCUT2D eigenvalue weighted by Gasteiger charge is 2.12. The maximum atomic E-state index is 3.71. The maximum Gasteiger partial charge on any atom is 0.0213 e. The highest BCUT2D eigenvalue weighted by molar-refractivity contribution is 9.10. The van der Waals surface area contributed by atoms with Crippen molar-refractivity contribution in [3.8, 4) is 0 Å². The van der Waals surface area contributed by atoms with Crippen LogP contribution in [0.3, 0.4) is 0 Å². The minimum atomic E-state index is 0.631. The Bertz CT molecular complexity index is 391. The zero-order valence-corrected chi connectivity index (χ0v) is 13.0. The Hall–Kier alpha value is -0.560. The standard InChI is InChI=1S/C16H23Br/c1-5-7-8-9-14(6-2)15-10-12(3)13(4)11-16(15)17/h7-8,10-11,14H,5-6,9H2,1-4H3/b8-7-. The third-order valence-corrected chi connectivity index (χ3v) is 4.06. The SMILES string of the molecule is CC/C=C\CC(CC)c1cc(C)c(C)cc1Br. The van der Waals surface area contributed by atoms with Crippen LogP contribution in [0, 0.1) is 13.8 Å². The average molecular weight is 295 g/mol. The topological polar surface area (TPSA) is 0 Å². The number of rotatable bonds is 5. The second kappa shape index (κ2) is 7.00. The van der Waals surface area contributed by atoms with E-state index < -0.39 is 0 Å². The average Bonchev–Trinajstić information content (AvgIpc) is 2.30. The molecule has 0 radical (unpaired) electrons. The molecule has 94 valence electrons. The molecule has 1 aromatic carbocycles. The van der Waals surface area contributed by atoms with Crippen LogP contribution in [0.15, 0.2) is 28.8 Å². The van der Waals surface area contributed by atoms with Crippen molar-refractivity contribution < 1.29 is 0 Å². The molecule has 1 atom stereocenters. The summed E-state index contributed by atoms with van der Waals surface area (Å²) in [6.07, 6.45) is 8.04. The lowest BCUT2D eigenvalue weighted by atomic mass is 9.91. The predicted molar refractivity (Wildman–Crippen MR) is 80.7 cm³/mol. The molecule has 0 nitrogen and oxygen atoms in total. The van der Waals surface area contributed by atoms with E-state index in [1.807, 2.05) is 0 Å². The highest BCUT2D eigenvalue weighted by atomic mass is 79.9. The number of allylic oxidation sites excluding steroid dienone is 2. The van der Waals surface area contributed by atoms with Crippen molar-refractivity contribution in [2.24, 2.45) is 0 Å². The summed E-state index contributed by atoms with van der Waals surface area (Å²) < 4.78 is 1.26. The number of aryl methyl sites for hydroxylation is 2. The summed E-state index contributed by atoms with van der Waals surface area (Å²) in [4.78, 5) is 0. The van der Waals surface area contributed by atoms with E-state index in [9.17, 15) is 0 Å². The van der Waals surface area contributed by atoms with Crippen LogP contribution in [0.4, 0.5) is 0 Å². The molecule has 0 aliphatic rings. The molecule has 0 aromatic heterocycles. The van der Waals surface area contributed by atoms with Gasteiger partial charge >= 0.3 is 0 Å². The van der Waals surface area contributed by atoms with Gasteiger partial charge in [0.2, 0.25) is 0 Å². The van der Waals surface area contributed by atoms with Crippen molar-refractivity contribution in [1.82, 2.24) is 0 Å². The van der Waals surface area contributed by atoms with Crippen LogP contribution in [0.2, 0.25) is 0 Å². The molecule has 0 spiro atoms. The Labute approximate surface area is 114 Å². The zero-order chi connectivity index (χ0) is 12.8. The fourth-order valence-corrected chi connectivity index (χ4v) is 2.84. The molecule has 0 amide bonds. The van der Waals surface area contributed by atoms with Crippen LogP contribution in [0.25, 0.3) is 0 Å². The van der Waals surface area contributed by atoms with Crippen LogP contribution in [0.1, 0.15) is 55.7 Å². The Morgan fingerprint density at radius 3 is 2.35 bits per heavy atom. The fraction of sp³-hybridized carbons (Fsp3) is 0.500. The van der Waals surface area contributed by atoms with Crippen molar-refractivity contribution in [2.75, 3.05) is 0 Å². The number of benzene rings is 1. The van der Waals surface area contributed by atoms with Crippen molar-refractivity contribution in [2.45, 2.75) is 52.9 Å². The largest absolute Gasteiger partial charge is 0.0888 e. The molecule has 1 aromatic rings. The number of hydrogen-bond acceptors (Lipinski definition) is 0. The minimum absolute atomic E-state index is 0.631. The molecule has 0 N–H and O–H groups in total. The lowest BCUT2D eigenvalue weighted by molar-refractivity contribution is 0.669. The van der Waals surface area contributed by atoms with Crippen molar-refractivity contribution in [3.63, 3.8) is 0 Å². The fourth-order valence-electron chi connectivity index (χ4n) is 2.06. The first-order valence-corrected chi connectivity index (χ1v) is 7.31. The van der Waals surface area contributed by atoms with Gasteiger partial charge in [-0.15, -0.1) is 0 Å². The van der Waals surface area contributed by atoms with Crippen LogP contribution >= 0.6 is 15.9 Å². The van der Waals surface area contributed by atoms with Gasteiger partial charge < -0.3 is 0 Å². The summed E-state index contributed by atoms with van der Waals surface area (Å²) >= 11 is 3.71. The molecule has 0 saturated heterocycles. The van der Waals surface area contributed by atoms with Gasteiger partial charge in [0.15, 0.2) is 0 Å². The van der Waals surface area contributed by atoms with Gasteiger partial charge in [0.25, 0.3) is 0 Å². The summed E-state index contributed by atoms with van der Waals surface area (Å²) in [5, 5.41) is 0. The first-order valence-electron chi connectivity index (χ1n) is 6.51. The summed E-state index contributed by atoms with van der Waals surface area (Å²) in [5.41, 5.74) is 4.21. The smallest absolute Gasteiger partial charge is 0.0213 e. The Morgan fingerprint density at radius 1 is 1.12 bits per heavy atom. The summed E-state index contributed by atoms with van der Waals surface area (Å²) in [6, 6.07) is 4.59. The molecule has 0 aliphatic carbocycles. The molecule has 0 bridgehead atoms. The number of hydrogen-bond donors (Lipinski definition) is 0. The normalized spacial score (nSPS) is 13.2. The first-order chi connectivity index (χ1) is 8.10. The molecule has 0 fully saturated rings. The molecule has 0 aliphatic heterocycles. The Kier molecular flexibility index (Phi) is 5.97. The lowest BCUT2D eigenvalue weighted by Crippen LogP contribution is -1.99. The van der Waals surface area contributed by atoms with Gasteiger partial charge in [-0.05, 0) is 61.8 Å². The van der Waals surface area contributed by atoms with E-state index in [0.29, 0.717) is 5.92 Å². The van der Waals surface area contributed by atoms with Crippen LogP contribution < -0.4 is 0 Å². The second-order valence-electron chi connectivity index (χ2n) is 4.68. The van der Waals surface area contributed by atoms with Crippen LogP contribution in [0.5, 0.6) is 0 Å². The predicted octanol–water partition coefficient (Wildman–Crippen LogP) is 5.92. The van der Waals surface area contributed by atoms with E-state index in [1.54, 1.807) is 0 Å². The van der Waals surface area contributed by atoms with Crippen LogP contribution in [-0.4, -0.2) is 0 Å². The van der Waals surface area contributed by atoms with E-state index in [1.165, 1.54) is 27.6 Å². The van der Waals surface area contributed by atoms with Gasteiger partial charge in [-0.3, -0.25) is 0 Å². The van der Waals surface area contributed by atoms with E-state index >= 15 is 0 Å². The van der Waals surface area contributed by atoms with Gasteiger partial charge in [-0.25, -0.2) is 0 Å². The van der Waals surface area contributed by atoms with Gasteiger partial charge in [-0.1, -0.05) is 48.0 Å². The van der Waals surface area contributed by atoms with Crippen molar-refractivity contribution in [1.29, 1.82) is 0 Å². The van der Waals surface area contributed by atoms with Gasteiger partial charge in [0, 0.05) is 4.47 Å². The van der Waals surface area contributed by atoms with E-state index in [0.717, 1.165) is 12.8 Å². The maximum absolute atomic E-state index is 3.71. The van der Waals surface area contributed by atoms with Gasteiger partial charge in [-0.2, -0.15) is 0 Å². The van der Waals surface area contributed by atoms with Crippen LogP contribution in [-0.2, 0) is 0 Å². The molecule has 1 unspecified atom stereocenters. The molecule has 1 rings (SSSR count). The zero-order valence-electron chi connectivity index (χ0n) is 11.4.